The molecule has 8 nitrogen and oxygen atoms in total. The van der Waals surface area contributed by atoms with Crippen LogP contribution in [-0.4, -0.2) is 30.8 Å². The fourth-order valence-electron chi connectivity index (χ4n) is 1.94. The number of carbonyl (C=O) groups excluding carboxylic acids is 3. The summed E-state index contributed by atoms with van der Waals surface area (Å²) in [4.78, 5) is 35.6. The Morgan fingerprint density at radius 3 is 1.89 bits per heavy atom. The van der Waals surface area contributed by atoms with Crippen molar-refractivity contribution >= 4 is 17.6 Å². The first-order valence-corrected chi connectivity index (χ1v) is 7.97. The number of para-hydroxylation sites is 2. The fraction of sp³-hybridized carbons (Fsp3) is 0.158. The Morgan fingerprint density at radius 1 is 0.852 bits per heavy atom. The van der Waals surface area contributed by atoms with E-state index in [9.17, 15) is 14.4 Å². The number of carbonyl (C=O) groups is 3. The van der Waals surface area contributed by atoms with Crippen molar-refractivity contribution < 1.29 is 23.9 Å². The van der Waals surface area contributed by atoms with Crippen LogP contribution in [0.3, 0.4) is 0 Å². The number of ketones is 1. The maximum atomic E-state index is 12.0. The normalized spacial score (nSPS) is 10.8. The van der Waals surface area contributed by atoms with Crippen LogP contribution in [0.2, 0.25) is 0 Å². The summed E-state index contributed by atoms with van der Waals surface area (Å²) in [5.41, 5.74) is 4.12. The zero-order valence-corrected chi connectivity index (χ0v) is 14.3. The van der Waals surface area contributed by atoms with E-state index in [2.05, 4.69) is 5.43 Å². The van der Waals surface area contributed by atoms with Gasteiger partial charge in [-0.15, -0.1) is 0 Å². The molecule has 138 valence electrons. The average Bonchev–Trinajstić information content (AvgIpc) is 2.71. The van der Waals surface area contributed by atoms with E-state index in [0.29, 0.717) is 11.5 Å². The van der Waals surface area contributed by atoms with E-state index in [1.165, 1.54) is 0 Å². The molecule has 0 aliphatic heterocycles. The van der Waals surface area contributed by atoms with E-state index in [1.54, 1.807) is 66.7 Å². The van der Waals surface area contributed by atoms with Crippen molar-refractivity contribution in [3.8, 4) is 17.6 Å². The zero-order chi connectivity index (χ0) is 19.5. The van der Waals surface area contributed by atoms with Gasteiger partial charge < -0.3 is 9.47 Å². The molecule has 0 saturated heterocycles. The number of hydrogen-bond donors (Lipinski definition) is 2. The average molecular weight is 367 g/mol. The SMILES string of the molecule is N#CC(C(=O)COc1ccccc1)C(=O)NNC(=O)COc1ccccc1. The molecule has 0 heterocycles. The summed E-state index contributed by atoms with van der Waals surface area (Å²) >= 11 is 0. The highest BCUT2D eigenvalue weighted by Crippen LogP contribution is 2.09. The van der Waals surface area contributed by atoms with Gasteiger partial charge >= 0.3 is 0 Å². The van der Waals surface area contributed by atoms with Gasteiger partial charge in [0.05, 0.1) is 6.07 Å². The Balaban J connectivity index is 1.75. The van der Waals surface area contributed by atoms with Crippen molar-refractivity contribution in [3.63, 3.8) is 0 Å². The summed E-state index contributed by atoms with van der Waals surface area (Å²) in [7, 11) is 0. The van der Waals surface area contributed by atoms with Gasteiger partial charge in [0.25, 0.3) is 11.8 Å². The first-order valence-electron chi connectivity index (χ1n) is 7.97. The quantitative estimate of drug-likeness (QED) is 0.531. The lowest BCUT2D eigenvalue weighted by Gasteiger charge is -2.12. The monoisotopic (exact) mass is 367 g/mol. The molecular formula is C19H17N3O5. The predicted octanol–water partition coefficient (Wildman–Crippen LogP) is 1.00. The lowest BCUT2D eigenvalue weighted by Crippen LogP contribution is -2.48. The topological polar surface area (TPSA) is 118 Å². The second-order valence-corrected chi connectivity index (χ2v) is 5.27. The second-order valence-electron chi connectivity index (χ2n) is 5.27. The Kier molecular flexibility index (Phi) is 7.36. The van der Waals surface area contributed by atoms with E-state index in [1.807, 2.05) is 5.43 Å². The van der Waals surface area contributed by atoms with Gasteiger partial charge in [-0.05, 0) is 24.3 Å². The molecule has 1 atom stereocenters. The van der Waals surface area contributed by atoms with Crippen molar-refractivity contribution in [1.29, 1.82) is 5.26 Å². The van der Waals surface area contributed by atoms with Crippen LogP contribution in [0.4, 0.5) is 0 Å². The van der Waals surface area contributed by atoms with Gasteiger partial charge in [0, 0.05) is 0 Å². The van der Waals surface area contributed by atoms with Gasteiger partial charge in [0.1, 0.15) is 18.1 Å². The van der Waals surface area contributed by atoms with Crippen molar-refractivity contribution in [1.82, 2.24) is 10.9 Å². The molecule has 0 aliphatic carbocycles. The smallest absolute Gasteiger partial charge is 0.276 e. The van der Waals surface area contributed by atoms with Gasteiger partial charge in [-0.3, -0.25) is 25.2 Å². The standard InChI is InChI=1S/C19H17N3O5/c20-11-16(17(23)12-26-14-7-3-1-4-8-14)19(25)22-21-18(24)13-27-15-9-5-2-6-10-15/h1-10,16H,12-13H2,(H,21,24)(H,22,25). The van der Waals surface area contributed by atoms with Gasteiger partial charge in [0.2, 0.25) is 0 Å². The molecule has 2 N–H and O–H groups in total. The Morgan fingerprint density at radius 2 is 1.37 bits per heavy atom. The molecule has 2 rings (SSSR count). The van der Waals surface area contributed by atoms with Crippen molar-refractivity contribution in [2.24, 2.45) is 5.92 Å². The minimum atomic E-state index is -1.61. The van der Waals surface area contributed by atoms with Gasteiger partial charge in [-0.2, -0.15) is 5.26 Å². The molecule has 0 spiro atoms. The first-order chi connectivity index (χ1) is 13.1. The molecule has 0 bridgehead atoms. The molecule has 2 aromatic carbocycles. The third kappa shape index (κ3) is 6.51. The molecule has 0 radical (unpaired) electrons. The highest BCUT2D eigenvalue weighted by molar-refractivity contribution is 6.04. The highest BCUT2D eigenvalue weighted by atomic mass is 16.5. The summed E-state index contributed by atoms with van der Waals surface area (Å²) in [6.07, 6.45) is 0. The summed E-state index contributed by atoms with van der Waals surface area (Å²) in [5.74, 6) is -3.00. The third-order valence-corrected chi connectivity index (χ3v) is 3.28. The third-order valence-electron chi connectivity index (χ3n) is 3.28. The van der Waals surface area contributed by atoms with Gasteiger partial charge in [-0.1, -0.05) is 36.4 Å². The molecule has 2 aromatic rings. The highest BCUT2D eigenvalue weighted by Gasteiger charge is 2.27. The summed E-state index contributed by atoms with van der Waals surface area (Å²) in [6, 6.07) is 18.7. The Hall–Kier alpha value is -3.86. The number of rotatable bonds is 8. The van der Waals surface area contributed by atoms with E-state index < -0.39 is 30.1 Å². The fourth-order valence-corrected chi connectivity index (χ4v) is 1.94. The Labute approximate surface area is 155 Å². The van der Waals surface area contributed by atoms with Crippen molar-refractivity contribution in [2.45, 2.75) is 0 Å². The van der Waals surface area contributed by atoms with Crippen LogP contribution in [0.1, 0.15) is 0 Å². The van der Waals surface area contributed by atoms with Crippen LogP contribution < -0.4 is 20.3 Å². The molecule has 0 aliphatic rings. The lowest BCUT2D eigenvalue weighted by molar-refractivity contribution is -0.136. The van der Waals surface area contributed by atoms with Crippen LogP contribution in [0.25, 0.3) is 0 Å². The number of hydrogen-bond acceptors (Lipinski definition) is 6. The molecule has 0 saturated carbocycles. The molecule has 0 fully saturated rings. The number of nitriles is 1. The predicted molar refractivity (Wildman–Crippen MR) is 94.3 cm³/mol. The molecule has 8 heteroatoms. The van der Waals surface area contributed by atoms with Crippen LogP contribution >= 0.6 is 0 Å². The maximum Gasteiger partial charge on any atom is 0.276 e. The minimum absolute atomic E-state index is 0.341. The van der Waals surface area contributed by atoms with E-state index in [4.69, 9.17) is 14.7 Å². The number of ether oxygens (including phenoxy) is 2. The maximum absolute atomic E-state index is 12.0. The molecule has 2 amide bonds. The second kappa shape index (κ2) is 10.2. The number of hydrazine groups is 1. The summed E-state index contributed by atoms with van der Waals surface area (Å²) in [5, 5.41) is 9.06. The minimum Gasteiger partial charge on any atom is -0.486 e. The van der Waals surface area contributed by atoms with Crippen LogP contribution in [0.5, 0.6) is 11.5 Å². The largest absolute Gasteiger partial charge is 0.486 e. The van der Waals surface area contributed by atoms with Crippen molar-refractivity contribution in [2.75, 3.05) is 13.2 Å². The van der Waals surface area contributed by atoms with Gasteiger partial charge in [-0.25, -0.2) is 0 Å². The number of Topliss-reactive ketones (excluding diaryl/α,β-unsaturated/α-hetero) is 1. The number of nitrogens with one attached hydrogen (secondary N) is 2. The van der Waals surface area contributed by atoms with E-state index in [0.717, 1.165) is 0 Å². The Bertz CT molecular complexity index is 818. The number of benzene rings is 2. The van der Waals surface area contributed by atoms with Crippen molar-refractivity contribution in [3.05, 3.63) is 60.7 Å². The molecular weight excluding hydrogens is 350 g/mol. The van der Waals surface area contributed by atoms with Gasteiger partial charge in [0.15, 0.2) is 18.3 Å². The molecule has 0 aromatic heterocycles. The summed E-state index contributed by atoms with van der Waals surface area (Å²) < 4.78 is 10.4. The van der Waals surface area contributed by atoms with Crippen LogP contribution in [0.15, 0.2) is 60.7 Å². The van der Waals surface area contributed by atoms with E-state index >= 15 is 0 Å². The first kappa shape index (κ1) is 19.5. The molecule has 1 unspecified atom stereocenters. The van der Waals surface area contributed by atoms with E-state index in [-0.39, 0.29) is 6.61 Å². The lowest BCUT2D eigenvalue weighted by atomic mass is 10.1. The van der Waals surface area contributed by atoms with Crippen LogP contribution in [0, 0.1) is 17.2 Å². The number of nitrogens with zero attached hydrogens (tertiary/aromatic N) is 1. The van der Waals surface area contributed by atoms with Crippen LogP contribution in [-0.2, 0) is 14.4 Å². The molecule has 27 heavy (non-hydrogen) atoms. The summed E-state index contributed by atoms with van der Waals surface area (Å²) in [6.45, 7) is -0.784. The zero-order valence-electron chi connectivity index (χ0n) is 14.3. The number of amides is 2.